The SMILES string of the molecule is O=C1NC[C@H](c2cc(F)c(F)c(F)c2)[C@H]1C(=O)Nc1ccc(F)c(F)c1F. The van der Waals surface area contributed by atoms with Gasteiger partial charge in [-0.05, 0) is 29.8 Å². The van der Waals surface area contributed by atoms with Gasteiger partial charge in [-0.3, -0.25) is 9.59 Å². The number of carbonyl (C=O) groups is 2. The van der Waals surface area contributed by atoms with E-state index >= 15 is 0 Å². The van der Waals surface area contributed by atoms with Crippen molar-refractivity contribution in [3.8, 4) is 0 Å². The Kier molecular flexibility index (Phi) is 4.81. The van der Waals surface area contributed by atoms with Crippen LogP contribution in [0.3, 0.4) is 0 Å². The Hall–Kier alpha value is -3.04. The van der Waals surface area contributed by atoms with Crippen LogP contribution in [-0.2, 0) is 9.59 Å². The van der Waals surface area contributed by atoms with Crippen LogP contribution in [0.5, 0.6) is 0 Å². The molecule has 1 fully saturated rings. The Morgan fingerprint density at radius 2 is 1.56 bits per heavy atom. The van der Waals surface area contributed by atoms with E-state index in [0.29, 0.717) is 18.2 Å². The second kappa shape index (κ2) is 6.93. The third-order valence-corrected chi connectivity index (χ3v) is 4.19. The highest BCUT2D eigenvalue weighted by Gasteiger charge is 2.42. The van der Waals surface area contributed by atoms with E-state index in [4.69, 9.17) is 0 Å². The number of amides is 2. The largest absolute Gasteiger partial charge is 0.355 e. The Bertz CT molecular complexity index is 926. The van der Waals surface area contributed by atoms with Crippen LogP contribution in [0.4, 0.5) is 32.0 Å². The average Bonchev–Trinajstić information content (AvgIpc) is 3.01. The Morgan fingerprint density at radius 3 is 2.19 bits per heavy atom. The summed E-state index contributed by atoms with van der Waals surface area (Å²) in [7, 11) is 0. The molecule has 1 saturated heterocycles. The summed E-state index contributed by atoms with van der Waals surface area (Å²) in [6.07, 6.45) is 0. The first-order chi connectivity index (χ1) is 12.7. The molecule has 2 N–H and O–H groups in total. The third kappa shape index (κ3) is 3.34. The van der Waals surface area contributed by atoms with E-state index in [2.05, 4.69) is 5.32 Å². The predicted molar refractivity (Wildman–Crippen MR) is 80.5 cm³/mol. The van der Waals surface area contributed by atoms with Gasteiger partial charge in [0.2, 0.25) is 11.8 Å². The lowest BCUT2D eigenvalue weighted by atomic mass is 9.87. The number of hydrogen-bond donors (Lipinski definition) is 2. The van der Waals surface area contributed by atoms with Gasteiger partial charge in [0.15, 0.2) is 34.9 Å². The van der Waals surface area contributed by atoms with E-state index in [1.54, 1.807) is 0 Å². The first-order valence-corrected chi connectivity index (χ1v) is 7.57. The molecule has 0 saturated carbocycles. The summed E-state index contributed by atoms with van der Waals surface area (Å²) in [5.41, 5.74) is -0.885. The third-order valence-electron chi connectivity index (χ3n) is 4.19. The summed E-state index contributed by atoms with van der Waals surface area (Å²) in [4.78, 5) is 24.3. The van der Waals surface area contributed by atoms with Gasteiger partial charge >= 0.3 is 0 Å². The summed E-state index contributed by atoms with van der Waals surface area (Å²) < 4.78 is 79.9. The van der Waals surface area contributed by atoms with Gasteiger partial charge in [0.1, 0.15) is 5.92 Å². The molecule has 2 aromatic carbocycles. The maximum absolute atomic E-state index is 13.7. The summed E-state index contributed by atoms with van der Waals surface area (Å²) >= 11 is 0. The second-order valence-electron chi connectivity index (χ2n) is 5.84. The van der Waals surface area contributed by atoms with E-state index in [-0.39, 0.29) is 12.1 Å². The molecule has 0 spiro atoms. The van der Waals surface area contributed by atoms with Crippen molar-refractivity contribution >= 4 is 17.5 Å². The van der Waals surface area contributed by atoms with E-state index in [0.717, 1.165) is 6.07 Å². The fourth-order valence-electron chi connectivity index (χ4n) is 2.86. The molecule has 2 aromatic rings. The first kappa shape index (κ1) is 18.7. The number of anilines is 1. The highest BCUT2D eigenvalue weighted by molar-refractivity contribution is 6.08. The summed E-state index contributed by atoms with van der Waals surface area (Å²) in [6, 6.07) is 2.61. The van der Waals surface area contributed by atoms with Crippen LogP contribution in [0.25, 0.3) is 0 Å². The van der Waals surface area contributed by atoms with E-state index in [1.807, 2.05) is 5.32 Å². The van der Waals surface area contributed by atoms with Crippen molar-refractivity contribution < 1.29 is 35.9 Å². The molecule has 0 aromatic heterocycles. The van der Waals surface area contributed by atoms with Crippen LogP contribution in [0, 0.1) is 40.8 Å². The molecule has 0 radical (unpaired) electrons. The molecular weight excluding hydrogens is 378 g/mol. The standard InChI is InChI=1S/C17H10F6N2O2/c18-8-1-2-11(15(23)14(8)22)25-17(27)12-7(5-24-16(12)26)6-3-9(19)13(21)10(20)4-6/h1-4,7,12H,5H2,(H,24,26)(H,25,27)/t7-,12-/m1/s1. The van der Waals surface area contributed by atoms with Crippen molar-refractivity contribution in [3.05, 3.63) is 64.7 Å². The highest BCUT2D eigenvalue weighted by atomic mass is 19.2. The molecule has 3 rings (SSSR count). The number of hydrogen-bond acceptors (Lipinski definition) is 2. The number of nitrogens with one attached hydrogen (secondary N) is 2. The second-order valence-corrected chi connectivity index (χ2v) is 5.84. The average molecular weight is 388 g/mol. The molecule has 10 heteroatoms. The Morgan fingerprint density at radius 1 is 0.926 bits per heavy atom. The minimum atomic E-state index is -1.82. The van der Waals surface area contributed by atoms with Gasteiger partial charge < -0.3 is 10.6 Å². The number of carbonyl (C=O) groups excluding carboxylic acids is 2. The van der Waals surface area contributed by atoms with Crippen molar-refractivity contribution in [1.82, 2.24) is 5.32 Å². The molecule has 1 heterocycles. The van der Waals surface area contributed by atoms with Crippen molar-refractivity contribution in [2.45, 2.75) is 5.92 Å². The van der Waals surface area contributed by atoms with Crippen LogP contribution >= 0.6 is 0 Å². The minimum absolute atomic E-state index is 0.171. The first-order valence-electron chi connectivity index (χ1n) is 7.57. The molecule has 1 aliphatic rings. The maximum Gasteiger partial charge on any atom is 0.237 e. The lowest BCUT2D eigenvalue weighted by Gasteiger charge is -2.18. The van der Waals surface area contributed by atoms with Crippen LogP contribution in [-0.4, -0.2) is 18.4 Å². The predicted octanol–water partition coefficient (Wildman–Crippen LogP) is 2.99. The number of benzene rings is 2. The van der Waals surface area contributed by atoms with Gasteiger partial charge in [0, 0.05) is 12.5 Å². The molecule has 2 atom stereocenters. The zero-order valence-corrected chi connectivity index (χ0v) is 13.3. The summed E-state index contributed by atoms with van der Waals surface area (Å²) in [6.45, 7) is -0.193. The monoisotopic (exact) mass is 388 g/mol. The maximum atomic E-state index is 13.7. The van der Waals surface area contributed by atoms with Gasteiger partial charge in [-0.2, -0.15) is 0 Å². The fraction of sp³-hybridized carbons (Fsp3) is 0.176. The highest BCUT2D eigenvalue weighted by Crippen LogP contribution is 2.32. The summed E-state index contributed by atoms with van der Waals surface area (Å²) in [5, 5.41) is 4.26. The van der Waals surface area contributed by atoms with Gasteiger partial charge in [0.05, 0.1) is 5.69 Å². The molecule has 0 aliphatic carbocycles. The van der Waals surface area contributed by atoms with Gasteiger partial charge in [-0.1, -0.05) is 0 Å². The van der Waals surface area contributed by atoms with E-state index in [1.165, 1.54) is 0 Å². The van der Waals surface area contributed by atoms with Gasteiger partial charge in [0.25, 0.3) is 0 Å². The van der Waals surface area contributed by atoms with Crippen molar-refractivity contribution in [1.29, 1.82) is 0 Å². The fourth-order valence-corrected chi connectivity index (χ4v) is 2.86. The normalized spacial score (nSPS) is 19.1. The molecule has 1 aliphatic heterocycles. The summed E-state index contributed by atoms with van der Waals surface area (Å²) in [5.74, 6) is -14.3. The van der Waals surface area contributed by atoms with Crippen LogP contribution < -0.4 is 10.6 Å². The molecule has 0 unspecified atom stereocenters. The molecule has 4 nitrogen and oxygen atoms in total. The minimum Gasteiger partial charge on any atom is -0.355 e. The Labute approximate surface area is 148 Å². The van der Waals surface area contributed by atoms with Crippen molar-refractivity contribution in [2.75, 3.05) is 11.9 Å². The molecule has 2 amide bonds. The molecule has 0 bridgehead atoms. The van der Waals surface area contributed by atoms with E-state index in [9.17, 15) is 35.9 Å². The number of rotatable bonds is 3. The van der Waals surface area contributed by atoms with Gasteiger partial charge in [-0.25, -0.2) is 26.3 Å². The van der Waals surface area contributed by atoms with Crippen molar-refractivity contribution in [3.63, 3.8) is 0 Å². The van der Waals surface area contributed by atoms with Crippen LogP contribution in [0.15, 0.2) is 24.3 Å². The van der Waals surface area contributed by atoms with Crippen LogP contribution in [0.1, 0.15) is 11.5 Å². The van der Waals surface area contributed by atoms with Crippen LogP contribution in [0.2, 0.25) is 0 Å². The lowest BCUT2D eigenvalue weighted by Crippen LogP contribution is -2.32. The zero-order valence-electron chi connectivity index (χ0n) is 13.3. The van der Waals surface area contributed by atoms with E-state index < -0.39 is 64.2 Å². The molecule has 27 heavy (non-hydrogen) atoms. The number of halogens is 6. The quantitative estimate of drug-likeness (QED) is 0.483. The zero-order chi connectivity index (χ0) is 19.9. The molecular formula is C17H10F6N2O2. The molecule has 142 valence electrons. The smallest absolute Gasteiger partial charge is 0.237 e. The van der Waals surface area contributed by atoms with Crippen molar-refractivity contribution in [2.24, 2.45) is 5.92 Å². The van der Waals surface area contributed by atoms with Gasteiger partial charge in [-0.15, -0.1) is 0 Å². The lowest BCUT2D eigenvalue weighted by molar-refractivity contribution is -0.130. The Balaban J connectivity index is 1.91. The topological polar surface area (TPSA) is 58.2 Å².